The van der Waals surface area contributed by atoms with Crippen molar-refractivity contribution in [3.8, 4) is 0 Å². The molecule has 3 nitrogen and oxygen atoms in total. The molecule has 1 heterocycles. The lowest BCUT2D eigenvalue weighted by atomic mass is 9.99. The molecule has 1 aliphatic rings. The fraction of sp³-hybridized carbons (Fsp3) is 0.900. The summed E-state index contributed by atoms with van der Waals surface area (Å²) < 4.78 is 24.4. The third kappa shape index (κ3) is 2.65. The van der Waals surface area contributed by atoms with Crippen LogP contribution >= 0.6 is 0 Å². The van der Waals surface area contributed by atoms with Crippen LogP contribution in [0.2, 0.25) is 0 Å². The molecule has 15 heavy (non-hydrogen) atoms. The molecule has 0 saturated carbocycles. The first-order chi connectivity index (χ1) is 6.97. The summed E-state index contributed by atoms with van der Waals surface area (Å²) in [6.45, 7) is 5.21. The number of nitrogens with zero attached hydrogens (tertiary/aromatic N) is 1. The zero-order valence-corrected chi connectivity index (χ0v) is 9.34. The standard InChI is InChI=1S/C10H18F2N2O/c1-4-6(2)9-10(15)14(5-8(11)12)7(3)13-9/h6-9,13H,4-5H2,1-3H3. The molecule has 1 amide bonds. The Kier molecular flexibility index (Phi) is 4.02. The van der Waals surface area contributed by atoms with Gasteiger partial charge in [-0.1, -0.05) is 20.3 Å². The number of rotatable bonds is 4. The number of hydrogen-bond donors (Lipinski definition) is 1. The van der Waals surface area contributed by atoms with Crippen LogP contribution in [-0.2, 0) is 4.79 Å². The van der Waals surface area contributed by atoms with Crippen molar-refractivity contribution in [2.75, 3.05) is 6.54 Å². The molecule has 0 spiro atoms. The smallest absolute Gasteiger partial charge is 0.255 e. The van der Waals surface area contributed by atoms with E-state index in [4.69, 9.17) is 0 Å². The molecule has 3 unspecified atom stereocenters. The van der Waals surface area contributed by atoms with Crippen molar-refractivity contribution in [1.29, 1.82) is 0 Å². The molecule has 1 saturated heterocycles. The van der Waals surface area contributed by atoms with E-state index < -0.39 is 13.0 Å². The minimum atomic E-state index is -2.46. The Hall–Kier alpha value is -0.710. The van der Waals surface area contributed by atoms with Crippen molar-refractivity contribution in [2.24, 2.45) is 5.92 Å². The van der Waals surface area contributed by atoms with Gasteiger partial charge in [-0.3, -0.25) is 10.1 Å². The predicted octanol–water partition coefficient (Wildman–Crippen LogP) is 1.44. The second-order valence-electron chi connectivity index (χ2n) is 4.09. The Morgan fingerprint density at radius 1 is 1.53 bits per heavy atom. The molecule has 1 N–H and O–H groups in total. The highest BCUT2D eigenvalue weighted by Crippen LogP contribution is 2.19. The first-order valence-electron chi connectivity index (χ1n) is 5.32. The van der Waals surface area contributed by atoms with Crippen LogP contribution in [0, 0.1) is 5.92 Å². The number of nitrogens with one attached hydrogen (secondary N) is 1. The molecule has 3 atom stereocenters. The SMILES string of the molecule is CCC(C)C1NC(C)N(CC(F)F)C1=O. The second kappa shape index (κ2) is 4.88. The van der Waals surface area contributed by atoms with Crippen LogP contribution in [0.15, 0.2) is 0 Å². The van der Waals surface area contributed by atoms with E-state index in [-0.39, 0.29) is 24.0 Å². The Bertz CT molecular complexity index is 235. The molecule has 1 rings (SSSR count). The topological polar surface area (TPSA) is 32.3 Å². The van der Waals surface area contributed by atoms with Gasteiger partial charge in [-0.05, 0) is 12.8 Å². The van der Waals surface area contributed by atoms with Crippen molar-refractivity contribution >= 4 is 5.91 Å². The summed E-state index contributed by atoms with van der Waals surface area (Å²) in [4.78, 5) is 13.0. The molecule has 88 valence electrons. The van der Waals surface area contributed by atoms with Gasteiger partial charge in [0.15, 0.2) is 0 Å². The van der Waals surface area contributed by atoms with E-state index in [1.54, 1.807) is 6.92 Å². The number of amides is 1. The van der Waals surface area contributed by atoms with Crippen LogP contribution in [0.5, 0.6) is 0 Å². The van der Waals surface area contributed by atoms with Crippen molar-refractivity contribution in [3.63, 3.8) is 0 Å². The Labute approximate surface area is 88.8 Å². The first-order valence-corrected chi connectivity index (χ1v) is 5.32. The summed E-state index contributed by atoms with van der Waals surface area (Å²) in [7, 11) is 0. The Balaban J connectivity index is 2.66. The molecule has 0 radical (unpaired) electrons. The summed E-state index contributed by atoms with van der Waals surface area (Å²) in [6.07, 6.45) is -1.89. The molecule has 0 bridgehead atoms. The number of hydrogen-bond acceptors (Lipinski definition) is 2. The summed E-state index contributed by atoms with van der Waals surface area (Å²) >= 11 is 0. The van der Waals surface area contributed by atoms with Gasteiger partial charge in [0.25, 0.3) is 6.43 Å². The van der Waals surface area contributed by atoms with Gasteiger partial charge in [0.2, 0.25) is 5.91 Å². The highest BCUT2D eigenvalue weighted by Gasteiger charge is 2.39. The van der Waals surface area contributed by atoms with Gasteiger partial charge < -0.3 is 4.90 Å². The maximum Gasteiger partial charge on any atom is 0.255 e. The van der Waals surface area contributed by atoms with E-state index >= 15 is 0 Å². The quantitative estimate of drug-likeness (QED) is 0.777. The average molecular weight is 220 g/mol. The van der Waals surface area contributed by atoms with Crippen molar-refractivity contribution in [3.05, 3.63) is 0 Å². The highest BCUT2D eigenvalue weighted by atomic mass is 19.3. The first kappa shape index (κ1) is 12.4. The van der Waals surface area contributed by atoms with Crippen LogP contribution in [0.4, 0.5) is 8.78 Å². The minimum Gasteiger partial charge on any atom is -0.320 e. The number of carbonyl (C=O) groups excluding carboxylic acids is 1. The molecule has 0 aromatic heterocycles. The van der Waals surface area contributed by atoms with E-state index in [2.05, 4.69) is 5.32 Å². The molecular formula is C10H18F2N2O. The Morgan fingerprint density at radius 2 is 2.13 bits per heavy atom. The fourth-order valence-corrected chi connectivity index (χ4v) is 1.83. The highest BCUT2D eigenvalue weighted by molar-refractivity contribution is 5.84. The molecule has 0 aromatic carbocycles. The largest absolute Gasteiger partial charge is 0.320 e. The summed E-state index contributed by atoms with van der Waals surface area (Å²) in [5, 5.41) is 3.05. The Morgan fingerprint density at radius 3 is 2.60 bits per heavy atom. The van der Waals surface area contributed by atoms with Crippen LogP contribution in [0.25, 0.3) is 0 Å². The third-order valence-corrected chi connectivity index (χ3v) is 2.99. The average Bonchev–Trinajstić information content (AvgIpc) is 2.44. The van der Waals surface area contributed by atoms with Gasteiger partial charge in [-0.2, -0.15) is 0 Å². The van der Waals surface area contributed by atoms with Gasteiger partial charge in [0, 0.05) is 0 Å². The van der Waals surface area contributed by atoms with Crippen molar-refractivity contribution in [1.82, 2.24) is 10.2 Å². The third-order valence-electron chi connectivity index (χ3n) is 2.99. The van der Waals surface area contributed by atoms with Crippen molar-refractivity contribution < 1.29 is 13.6 Å². The van der Waals surface area contributed by atoms with Crippen LogP contribution in [0.3, 0.4) is 0 Å². The second-order valence-corrected chi connectivity index (χ2v) is 4.09. The molecular weight excluding hydrogens is 202 g/mol. The normalized spacial score (nSPS) is 28.9. The molecule has 5 heteroatoms. The van der Waals surface area contributed by atoms with Gasteiger partial charge in [-0.25, -0.2) is 8.78 Å². The molecule has 1 aliphatic heterocycles. The van der Waals surface area contributed by atoms with Crippen LogP contribution < -0.4 is 5.32 Å². The summed E-state index contributed by atoms with van der Waals surface area (Å²) in [5.74, 6) is -0.0141. The van der Waals surface area contributed by atoms with Gasteiger partial charge in [0.05, 0.1) is 18.8 Å². The molecule has 0 aliphatic carbocycles. The van der Waals surface area contributed by atoms with E-state index in [0.717, 1.165) is 6.42 Å². The van der Waals surface area contributed by atoms with E-state index in [1.165, 1.54) is 4.90 Å². The maximum absolute atomic E-state index is 12.2. The lowest BCUT2D eigenvalue weighted by Crippen LogP contribution is -2.38. The summed E-state index contributed by atoms with van der Waals surface area (Å²) in [6, 6.07) is -0.302. The van der Waals surface area contributed by atoms with Crippen LogP contribution in [-0.4, -0.2) is 36.0 Å². The maximum atomic E-state index is 12.2. The zero-order chi connectivity index (χ0) is 11.6. The van der Waals surface area contributed by atoms with E-state index in [1.807, 2.05) is 13.8 Å². The lowest BCUT2D eigenvalue weighted by Gasteiger charge is -2.20. The molecule has 1 fully saturated rings. The van der Waals surface area contributed by atoms with E-state index in [9.17, 15) is 13.6 Å². The summed E-state index contributed by atoms with van der Waals surface area (Å²) in [5.41, 5.74) is 0. The monoisotopic (exact) mass is 220 g/mol. The fourth-order valence-electron chi connectivity index (χ4n) is 1.83. The van der Waals surface area contributed by atoms with Crippen LogP contribution in [0.1, 0.15) is 27.2 Å². The zero-order valence-electron chi connectivity index (χ0n) is 9.34. The lowest BCUT2D eigenvalue weighted by molar-refractivity contribution is -0.132. The van der Waals surface area contributed by atoms with Gasteiger partial charge >= 0.3 is 0 Å². The van der Waals surface area contributed by atoms with E-state index in [0.29, 0.717) is 0 Å². The van der Waals surface area contributed by atoms with Crippen molar-refractivity contribution in [2.45, 2.75) is 45.8 Å². The molecule has 0 aromatic rings. The minimum absolute atomic E-state index is 0.183. The van der Waals surface area contributed by atoms with Gasteiger partial charge in [-0.15, -0.1) is 0 Å². The van der Waals surface area contributed by atoms with Gasteiger partial charge in [0.1, 0.15) is 0 Å². The predicted molar refractivity (Wildman–Crippen MR) is 53.6 cm³/mol. The number of halogens is 2. The number of carbonyl (C=O) groups is 1. The number of alkyl halides is 2.